The Kier molecular flexibility index (Phi) is 5.00. The fourth-order valence-electron chi connectivity index (χ4n) is 1.78. The molecule has 2 aromatic rings. The maximum absolute atomic E-state index is 5.78. The Balaban J connectivity index is 1.83. The highest BCUT2D eigenvalue weighted by atomic mass is 16.5. The number of hydrogen-bond acceptors (Lipinski definition) is 3. The van der Waals surface area contributed by atoms with E-state index in [2.05, 4.69) is 17.4 Å². The van der Waals surface area contributed by atoms with Crippen LogP contribution in [0.1, 0.15) is 12.2 Å². The molecule has 1 aromatic heterocycles. The third-order valence-corrected chi connectivity index (χ3v) is 2.72. The third kappa shape index (κ3) is 3.72. The van der Waals surface area contributed by atoms with Crippen LogP contribution in [0.2, 0.25) is 0 Å². The Labute approximate surface area is 108 Å². The van der Waals surface area contributed by atoms with Gasteiger partial charge in [0.25, 0.3) is 0 Å². The lowest BCUT2D eigenvalue weighted by molar-refractivity contribution is 0.194. The van der Waals surface area contributed by atoms with Crippen molar-refractivity contribution in [1.82, 2.24) is 5.32 Å². The maximum Gasteiger partial charge on any atom is 0.134 e. The van der Waals surface area contributed by atoms with Gasteiger partial charge in [0, 0.05) is 19.3 Å². The molecule has 3 heteroatoms. The zero-order valence-electron chi connectivity index (χ0n) is 10.7. The molecule has 0 aliphatic heterocycles. The van der Waals surface area contributed by atoms with Crippen LogP contribution >= 0.6 is 0 Å². The number of ether oxygens (including phenoxy) is 1. The quantitative estimate of drug-likeness (QED) is 0.761. The zero-order valence-corrected chi connectivity index (χ0v) is 10.7. The van der Waals surface area contributed by atoms with Gasteiger partial charge in [0.2, 0.25) is 0 Å². The maximum atomic E-state index is 5.78. The van der Waals surface area contributed by atoms with E-state index >= 15 is 0 Å². The predicted octanol–water partition coefficient (Wildman–Crippen LogP) is 3.07. The molecular formula is C15H19NO2. The van der Waals surface area contributed by atoms with Gasteiger partial charge in [-0.05, 0) is 25.1 Å². The van der Waals surface area contributed by atoms with Crippen molar-refractivity contribution in [3.05, 3.63) is 48.2 Å². The van der Waals surface area contributed by atoms with Crippen LogP contribution in [-0.2, 0) is 11.3 Å². The summed E-state index contributed by atoms with van der Waals surface area (Å²) >= 11 is 0. The summed E-state index contributed by atoms with van der Waals surface area (Å²) < 4.78 is 10.8. The van der Waals surface area contributed by atoms with Gasteiger partial charge in [-0.1, -0.05) is 30.3 Å². The van der Waals surface area contributed by atoms with E-state index in [1.54, 1.807) is 7.11 Å². The van der Waals surface area contributed by atoms with Gasteiger partial charge in [0.15, 0.2) is 0 Å². The first-order valence-corrected chi connectivity index (χ1v) is 6.24. The molecule has 0 aliphatic carbocycles. The fraction of sp³-hybridized carbons (Fsp3) is 0.333. The van der Waals surface area contributed by atoms with Crippen molar-refractivity contribution in [2.75, 3.05) is 20.3 Å². The van der Waals surface area contributed by atoms with Crippen LogP contribution in [0, 0.1) is 0 Å². The molecule has 96 valence electrons. The van der Waals surface area contributed by atoms with Crippen molar-refractivity contribution in [2.24, 2.45) is 0 Å². The first-order valence-electron chi connectivity index (χ1n) is 6.24. The van der Waals surface area contributed by atoms with E-state index in [1.807, 2.05) is 30.3 Å². The molecule has 0 saturated heterocycles. The zero-order chi connectivity index (χ0) is 12.6. The average Bonchev–Trinajstić information content (AvgIpc) is 2.88. The van der Waals surface area contributed by atoms with Crippen LogP contribution in [0.4, 0.5) is 0 Å². The molecule has 0 radical (unpaired) electrons. The summed E-state index contributed by atoms with van der Waals surface area (Å²) in [7, 11) is 1.72. The second kappa shape index (κ2) is 6.99. The Hall–Kier alpha value is -1.58. The monoisotopic (exact) mass is 245 g/mol. The molecule has 0 atom stereocenters. The molecule has 0 unspecified atom stereocenters. The SMILES string of the molecule is COCCCNCc1ccc(-c2ccccc2)o1. The summed E-state index contributed by atoms with van der Waals surface area (Å²) in [6.07, 6.45) is 1.02. The van der Waals surface area contributed by atoms with Crippen LogP contribution in [-0.4, -0.2) is 20.3 Å². The lowest BCUT2D eigenvalue weighted by Gasteiger charge is -2.02. The van der Waals surface area contributed by atoms with Gasteiger partial charge in [-0.2, -0.15) is 0 Å². The fourth-order valence-corrected chi connectivity index (χ4v) is 1.78. The van der Waals surface area contributed by atoms with Gasteiger partial charge in [0.05, 0.1) is 6.54 Å². The Morgan fingerprint density at radius 3 is 2.72 bits per heavy atom. The van der Waals surface area contributed by atoms with Crippen LogP contribution in [0.25, 0.3) is 11.3 Å². The summed E-state index contributed by atoms with van der Waals surface area (Å²) in [5, 5.41) is 3.33. The first kappa shape index (κ1) is 12.9. The van der Waals surface area contributed by atoms with E-state index in [-0.39, 0.29) is 0 Å². The van der Waals surface area contributed by atoms with Crippen molar-refractivity contribution in [3.8, 4) is 11.3 Å². The molecule has 3 nitrogen and oxygen atoms in total. The lowest BCUT2D eigenvalue weighted by atomic mass is 10.2. The van der Waals surface area contributed by atoms with Gasteiger partial charge < -0.3 is 14.5 Å². The molecule has 18 heavy (non-hydrogen) atoms. The largest absolute Gasteiger partial charge is 0.460 e. The van der Waals surface area contributed by atoms with E-state index in [0.29, 0.717) is 0 Å². The second-order valence-corrected chi connectivity index (χ2v) is 4.16. The highest BCUT2D eigenvalue weighted by Gasteiger charge is 2.03. The van der Waals surface area contributed by atoms with E-state index in [1.165, 1.54) is 0 Å². The molecule has 0 fully saturated rings. The minimum atomic E-state index is 0.760. The van der Waals surface area contributed by atoms with Gasteiger partial charge in [-0.3, -0.25) is 0 Å². The summed E-state index contributed by atoms with van der Waals surface area (Å²) in [5.41, 5.74) is 1.11. The first-order chi connectivity index (χ1) is 8.90. The lowest BCUT2D eigenvalue weighted by Crippen LogP contribution is -2.15. The number of hydrogen-bond donors (Lipinski definition) is 1. The molecule has 0 saturated carbocycles. The molecule has 1 N–H and O–H groups in total. The van der Waals surface area contributed by atoms with Crippen molar-refractivity contribution < 1.29 is 9.15 Å². The number of furan rings is 1. The van der Waals surface area contributed by atoms with Crippen LogP contribution in [0.5, 0.6) is 0 Å². The summed E-state index contributed by atoms with van der Waals surface area (Å²) in [5.74, 6) is 1.88. The summed E-state index contributed by atoms with van der Waals surface area (Å²) in [6.45, 7) is 2.49. The number of benzene rings is 1. The summed E-state index contributed by atoms with van der Waals surface area (Å²) in [6, 6.07) is 14.2. The molecule has 2 rings (SSSR count). The third-order valence-electron chi connectivity index (χ3n) is 2.72. The number of rotatable bonds is 7. The van der Waals surface area contributed by atoms with Crippen LogP contribution < -0.4 is 5.32 Å². The molecule has 0 aliphatic rings. The predicted molar refractivity (Wildman–Crippen MR) is 72.3 cm³/mol. The highest BCUT2D eigenvalue weighted by molar-refractivity contribution is 5.57. The van der Waals surface area contributed by atoms with Crippen molar-refractivity contribution >= 4 is 0 Å². The van der Waals surface area contributed by atoms with Crippen LogP contribution in [0.3, 0.4) is 0 Å². The van der Waals surface area contributed by atoms with Gasteiger partial charge in [-0.15, -0.1) is 0 Å². The topological polar surface area (TPSA) is 34.4 Å². The van der Waals surface area contributed by atoms with Crippen molar-refractivity contribution in [2.45, 2.75) is 13.0 Å². The van der Waals surface area contributed by atoms with E-state index < -0.39 is 0 Å². The minimum absolute atomic E-state index is 0.760. The molecule has 0 bridgehead atoms. The Morgan fingerprint density at radius 2 is 1.94 bits per heavy atom. The summed E-state index contributed by atoms with van der Waals surface area (Å²) in [4.78, 5) is 0. The molecule has 0 amide bonds. The highest BCUT2D eigenvalue weighted by Crippen LogP contribution is 2.21. The minimum Gasteiger partial charge on any atom is -0.460 e. The smallest absolute Gasteiger partial charge is 0.134 e. The van der Waals surface area contributed by atoms with Gasteiger partial charge in [-0.25, -0.2) is 0 Å². The molecule has 0 spiro atoms. The normalized spacial score (nSPS) is 10.7. The van der Waals surface area contributed by atoms with Crippen molar-refractivity contribution in [1.29, 1.82) is 0 Å². The number of methoxy groups -OCH3 is 1. The van der Waals surface area contributed by atoms with Crippen LogP contribution in [0.15, 0.2) is 46.9 Å². The van der Waals surface area contributed by atoms with E-state index in [9.17, 15) is 0 Å². The standard InChI is InChI=1S/C15H19NO2/c1-17-11-5-10-16-12-14-8-9-15(18-14)13-6-3-2-4-7-13/h2-4,6-9,16H,5,10-12H2,1H3. The molecule has 1 aromatic carbocycles. The van der Waals surface area contributed by atoms with E-state index in [0.717, 1.165) is 43.2 Å². The van der Waals surface area contributed by atoms with Gasteiger partial charge in [0.1, 0.15) is 11.5 Å². The Morgan fingerprint density at radius 1 is 1.11 bits per heavy atom. The molecular weight excluding hydrogens is 226 g/mol. The average molecular weight is 245 g/mol. The number of nitrogens with one attached hydrogen (secondary N) is 1. The van der Waals surface area contributed by atoms with E-state index in [4.69, 9.17) is 9.15 Å². The van der Waals surface area contributed by atoms with Gasteiger partial charge >= 0.3 is 0 Å². The second-order valence-electron chi connectivity index (χ2n) is 4.16. The van der Waals surface area contributed by atoms with Crippen molar-refractivity contribution in [3.63, 3.8) is 0 Å². The Bertz CT molecular complexity index is 451. The molecule has 1 heterocycles.